The molecule has 0 aliphatic carbocycles. The van der Waals surface area contributed by atoms with Gasteiger partial charge in [0.05, 0.1) is 26.2 Å². The first kappa shape index (κ1) is 18.4. The number of carbonyl (C=O) groups excluding carboxylic acids is 2. The van der Waals surface area contributed by atoms with E-state index < -0.39 is 16.1 Å². The average Bonchev–Trinajstić information content (AvgIpc) is 2.88. The lowest BCUT2D eigenvalue weighted by atomic mass is 10.1. The lowest BCUT2D eigenvalue weighted by Crippen LogP contribution is -2.27. The quantitative estimate of drug-likeness (QED) is 0.277. The molecule has 9 heteroatoms. The van der Waals surface area contributed by atoms with Crippen molar-refractivity contribution in [3.05, 3.63) is 66.6 Å². The number of rotatable bonds is 4. The van der Waals surface area contributed by atoms with E-state index in [1.807, 2.05) is 22.6 Å². The summed E-state index contributed by atoms with van der Waals surface area (Å²) in [6, 6.07) is 11.6. The molecule has 1 aliphatic rings. The number of para-hydroxylation sites is 1. The molecule has 2 aromatic rings. The molecule has 2 aromatic carbocycles. The number of hydrogen-bond donors (Lipinski definition) is 0. The van der Waals surface area contributed by atoms with Gasteiger partial charge in [-0.1, -0.05) is 18.2 Å². The molecule has 1 saturated heterocycles. The molecule has 0 bridgehead atoms. The van der Waals surface area contributed by atoms with Crippen molar-refractivity contribution < 1.29 is 19.2 Å². The zero-order valence-electron chi connectivity index (χ0n) is 13.3. The highest BCUT2D eigenvalue weighted by Gasteiger charge is 2.36. The van der Waals surface area contributed by atoms with E-state index in [2.05, 4.69) is 0 Å². The Kier molecular flexibility index (Phi) is 5.28. The van der Waals surface area contributed by atoms with E-state index in [4.69, 9.17) is 4.74 Å². The normalized spacial score (nSPS) is 15.6. The Morgan fingerprint density at radius 1 is 1.23 bits per heavy atom. The SMILES string of the molecule is COc1c(I)cc(/C=C2\SC(=O)N(c3ccccc3)C2=O)cc1[N+](=O)[O-]. The number of thioether (sulfide) groups is 1. The van der Waals surface area contributed by atoms with Crippen LogP contribution in [0.4, 0.5) is 16.2 Å². The Balaban J connectivity index is 2.00. The number of hydrogen-bond acceptors (Lipinski definition) is 6. The minimum absolute atomic E-state index is 0.158. The predicted octanol–water partition coefficient (Wildman–Crippen LogP) is 4.45. The van der Waals surface area contributed by atoms with Crippen LogP contribution in [-0.2, 0) is 4.79 Å². The summed E-state index contributed by atoms with van der Waals surface area (Å²) in [7, 11) is 1.36. The van der Waals surface area contributed by atoms with Gasteiger partial charge in [0.2, 0.25) is 5.75 Å². The molecule has 3 rings (SSSR count). The number of nitro groups is 1. The van der Waals surface area contributed by atoms with Crippen LogP contribution in [0.1, 0.15) is 5.56 Å². The smallest absolute Gasteiger partial charge is 0.312 e. The number of carbonyl (C=O) groups is 2. The lowest BCUT2D eigenvalue weighted by molar-refractivity contribution is -0.385. The van der Waals surface area contributed by atoms with E-state index in [0.29, 0.717) is 14.8 Å². The van der Waals surface area contributed by atoms with Crippen molar-refractivity contribution in [2.75, 3.05) is 12.0 Å². The maximum absolute atomic E-state index is 12.6. The van der Waals surface area contributed by atoms with Gasteiger partial charge in [0, 0.05) is 6.07 Å². The molecule has 0 unspecified atom stereocenters. The van der Waals surface area contributed by atoms with Crippen molar-refractivity contribution in [2.45, 2.75) is 0 Å². The Morgan fingerprint density at radius 3 is 2.54 bits per heavy atom. The molecule has 132 valence electrons. The number of benzene rings is 2. The zero-order valence-corrected chi connectivity index (χ0v) is 16.3. The second-order valence-electron chi connectivity index (χ2n) is 5.16. The Morgan fingerprint density at radius 2 is 1.92 bits per heavy atom. The minimum Gasteiger partial charge on any atom is -0.489 e. The largest absolute Gasteiger partial charge is 0.489 e. The number of nitro benzene ring substituents is 1. The first-order chi connectivity index (χ1) is 12.4. The molecule has 0 N–H and O–H groups in total. The van der Waals surface area contributed by atoms with Crippen molar-refractivity contribution in [1.82, 2.24) is 0 Å². The fourth-order valence-electron chi connectivity index (χ4n) is 2.44. The molecule has 1 heterocycles. The summed E-state index contributed by atoms with van der Waals surface area (Å²) in [5, 5.41) is 10.8. The van der Waals surface area contributed by atoms with Gasteiger partial charge in [0.25, 0.3) is 11.1 Å². The zero-order chi connectivity index (χ0) is 18.8. The number of imide groups is 1. The molecule has 0 radical (unpaired) electrons. The lowest BCUT2D eigenvalue weighted by Gasteiger charge is -2.11. The summed E-state index contributed by atoms with van der Waals surface area (Å²) in [5.41, 5.74) is 0.724. The average molecular weight is 482 g/mol. The molecule has 7 nitrogen and oxygen atoms in total. The summed E-state index contributed by atoms with van der Waals surface area (Å²) < 4.78 is 5.61. The van der Waals surface area contributed by atoms with Crippen LogP contribution >= 0.6 is 34.4 Å². The van der Waals surface area contributed by atoms with E-state index in [1.165, 1.54) is 19.3 Å². The summed E-state index contributed by atoms with van der Waals surface area (Å²) in [4.78, 5) is 36.8. The molecule has 0 spiro atoms. The molecule has 0 saturated carbocycles. The van der Waals surface area contributed by atoms with Crippen molar-refractivity contribution in [2.24, 2.45) is 0 Å². The number of nitrogens with zero attached hydrogens (tertiary/aromatic N) is 2. The molecule has 0 aromatic heterocycles. The third kappa shape index (κ3) is 3.44. The first-order valence-electron chi connectivity index (χ1n) is 7.27. The van der Waals surface area contributed by atoms with Crippen molar-refractivity contribution in [3.8, 4) is 5.75 Å². The van der Waals surface area contributed by atoms with Crippen LogP contribution in [-0.4, -0.2) is 23.2 Å². The third-order valence-electron chi connectivity index (χ3n) is 3.55. The Labute approximate surface area is 166 Å². The van der Waals surface area contributed by atoms with Gasteiger partial charge >= 0.3 is 5.69 Å². The topological polar surface area (TPSA) is 89.8 Å². The first-order valence-corrected chi connectivity index (χ1v) is 9.17. The van der Waals surface area contributed by atoms with Crippen LogP contribution < -0.4 is 9.64 Å². The summed E-state index contributed by atoms with van der Waals surface area (Å²) >= 11 is 2.72. The molecule has 26 heavy (non-hydrogen) atoms. The fourth-order valence-corrected chi connectivity index (χ4v) is 4.14. The molecular formula is C17H11IN2O5S. The van der Waals surface area contributed by atoms with Gasteiger partial charge in [-0.15, -0.1) is 0 Å². The van der Waals surface area contributed by atoms with Gasteiger partial charge in [-0.2, -0.15) is 0 Å². The molecular weight excluding hydrogens is 471 g/mol. The highest BCUT2D eigenvalue weighted by molar-refractivity contribution is 14.1. The van der Waals surface area contributed by atoms with E-state index in [1.54, 1.807) is 36.4 Å². The number of amides is 2. The summed E-state index contributed by atoms with van der Waals surface area (Å²) in [5.74, 6) is -0.301. The van der Waals surface area contributed by atoms with E-state index in [0.717, 1.165) is 16.7 Å². The van der Waals surface area contributed by atoms with Gasteiger partial charge in [0.1, 0.15) is 0 Å². The van der Waals surface area contributed by atoms with E-state index in [-0.39, 0.29) is 16.3 Å². The van der Waals surface area contributed by atoms with Gasteiger partial charge < -0.3 is 4.74 Å². The van der Waals surface area contributed by atoms with Gasteiger partial charge in [-0.3, -0.25) is 19.7 Å². The van der Waals surface area contributed by atoms with Crippen LogP contribution in [0.2, 0.25) is 0 Å². The molecule has 1 aliphatic heterocycles. The van der Waals surface area contributed by atoms with E-state index in [9.17, 15) is 19.7 Å². The maximum atomic E-state index is 12.6. The van der Waals surface area contributed by atoms with Gasteiger partial charge in [-0.25, -0.2) is 4.90 Å². The van der Waals surface area contributed by atoms with Crippen LogP contribution in [0.5, 0.6) is 5.75 Å². The monoisotopic (exact) mass is 482 g/mol. The van der Waals surface area contributed by atoms with E-state index >= 15 is 0 Å². The van der Waals surface area contributed by atoms with Crippen molar-refractivity contribution in [1.29, 1.82) is 0 Å². The molecule has 0 atom stereocenters. The number of methoxy groups -OCH3 is 1. The van der Waals surface area contributed by atoms with Gasteiger partial charge in [0.15, 0.2) is 0 Å². The second-order valence-corrected chi connectivity index (χ2v) is 7.32. The standard InChI is InChI=1S/C17H11IN2O5S/c1-25-15-12(18)7-10(8-13(15)20(23)24)9-14-16(21)19(17(22)26-14)11-5-3-2-4-6-11/h2-9H,1H3/b14-9-. The predicted molar refractivity (Wildman–Crippen MR) is 107 cm³/mol. The summed E-state index contributed by atoms with van der Waals surface area (Å²) in [6.07, 6.45) is 1.47. The highest BCUT2D eigenvalue weighted by atomic mass is 127. The number of ether oxygens (including phenoxy) is 1. The highest BCUT2D eigenvalue weighted by Crippen LogP contribution is 2.38. The second kappa shape index (κ2) is 7.46. The Hall–Kier alpha value is -2.40. The van der Waals surface area contributed by atoms with Crippen LogP contribution in [0, 0.1) is 13.7 Å². The molecule has 1 fully saturated rings. The van der Waals surface area contributed by atoms with Crippen LogP contribution in [0.15, 0.2) is 47.4 Å². The molecule has 2 amide bonds. The summed E-state index contributed by atoms with van der Waals surface area (Å²) in [6.45, 7) is 0. The van der Waals surface area contributed by atoms with Crippen LogP contribution in [0.3, 0.4) is 0 Å². The maximum Gasteiger partial charge on any atom is 0.312 e. The van der Waals surface area contributed by atoms with Crippen molar-refractivity contribution >= 4 is 62.9 Å². The number of anilines is 1. The van der Waals surface area contributed by atoms with Gasteiger partial charge in [-0.05, 0) is 64.2 Å². The minimum atomic E-state index is -0.548. The Bertz CT molecular complexity index is 946. The third-order valence-corrected chi connectivity index (χ3v) is 5.22. The van der Waals surface area contributed by atoms with Crippen molar-refractivity contribution in [3.63, 3.8) is 0 Å². The fraction of sp³-hybridized carbons (Fsp3) is 0.0588. The number of halogens is 1. The van der Waals surface area contributed by atoms with Crippen LogP contribution in [0.25, 0.3) is 6.08 Å².